The number of rotatable bonds is 1. The number of hydrogen-bond acceptors (Lipinski definition) is 0. The standard InChI is InChI=1S/C8H13N2/c1-7(2)8-9(3)5-6-10(8)4/h5-6H,1H2,2-4H3/q+1. The van der Waals surface area contributed by atoms with Crippen molar-refractivity contribution >= 4 is 5.57 Å². The van der Waals surface area contributed by atoms with Crippen LogP contribution in [-0.2, 0) is 14.1 Å². The SMILES string of the molecule is C=C(C)c1n(C)cc[n+]1C. The zero-order valence-corrected chi connectivity index (χ0v) is 6.76. The molecule has 0 N–H and O–H groups in total. The molecule has 1 rings (SSSR count). The first-order valence-electron chi connectivity index (χ1n) is 3.29. The average Bonchev–Trinajstić information content (AvgIpc) is 2.11. The molecule has 2 heteroatoms. The molecule has 0 bridgehead atoms. The number of hydrogen-bond donors (Lipinski definition) is 0. The minimum atomic E-state index is 1.09. The molecule has 0 saturated carbocycles. The Kier molecular flexibility index (Phi) is 1.62. The van der Waals surface area contributed by atoms with Crippen LogP contribution in [0.1, 0.15) is 12.7 Å². The van der Waals surface area contributed by atoms with Crippen LogP contribution < -0.4 is 4.57 Å². The second-order valence-electron chi connectivity index (χ2n) is 2.62. The predicted molar refractivity (Wildman–Crippen MR) is 41.3 cm³/mol. The van der Waals surface area contributed by atoms with Crippen molar-refractivity contribution in [2.24, 2.45) is 14.1 Å². The van der Waals surface area contributed by atoms with Crippen LogP contribution >= 0.6 is 0 Å². The van der Waals surface area contributed by atoms with Crippen molar-refractivity contribution in [3.8, 4) is 0 Å². The van der Waals surface area contributed by atoms with Gasteiger partial charge in [0.2, 0.25) is 0 Å². The molecule has 0 aliphatic heterocycles. The molecular formula is C8H13N2+. The van der Waals surface area contributed by atoms with E-state index in [0.29, 0.717) is 0 Å². The van der Waals surface area contributed by atoms with E-state index in [9.17, 15) is 0 Å². The third-order valence-corrected chi connectivity index (χ3v) is 1.56. The van der Waals surface area contributed by atoms with Gasteiger partial charge in [-0.2, -0.15) is 0 Å². The van der Waals surface area contributed by atoms with E-state index in [1.54, 1.807) is 0 Å². The zero-order valence-electron chi connectivity index (χ0n) is 6.76. The second kappa shape index (κ2) is 2.29. The summed E-state index contributed by atoms with van der Waals surface area (Å²) in [6.07, 6.45) is 4.04. The summed E-state index contributed by atoms with van der Waals surface area (Å²) in [7, 11) is 4.04. The summed E-state index contributed by atoms with van der Waals surface area (Å²) in [6, 6.07) is 0. The fourth-order valence-electron chi connectivity index (χ4n) is 1.19. The number of aromatic nitrogens is 2. The maximum absolute atomic E-state index is 3.88. The molecule has 1 aromatic rings. The van der Waals surface area contributed by atoms with E-state index in [2.05, 4.69) is 15.7 Å². The summed E-state index contributed by atoms with van der Waals surface area (Å²) >= 11 is 0. The lowest BCUT2D eigenvalue weighted by molar-refractivity contribution is -0.673. The summed E-state index contributed by atoms with van der Waals surface area (Å²) in [5.41, 5.74) is 1.09. The average molecular weight is 137 g/mol. The molecule has 1 heterocycles. The highest BCUT2D eigenvalue weighted by Crippen LogP contribution is 2.03. The third kappa shape index (κ3) is 0.967. The van der Waals surface area contributed by atoms with Crippen molar-refractivity contribution < 1.29 is 4.57 Å². The molecule has 0 atom stereocenters. The molecule has 0 aliphatic carbocycles. The molecule has 0 saturated heterocycles. The Balaban J connectivity index is 3.23. The molecular weight excluding hydrogens is 124 g/mol. The highest BCUT2D eigenvalue weighted by molar-refractivity contribution is 5.52. The molecule has 0 unspecified atom stereocenters. The van der Waals surface area contributed by atoms with Crippen LogP contribution in [0.5, 0.6) is 0 Å². The Hall–Kier alpha value is -1.05. The van der Waals surface area contributed by atoms with Crippen molar-refractivity contribution in [2.45, 2.75) is 6.92 Å². The fraction of sp³-hybridized carbons (Fsp3) is 0.375. The van der Waals surface area contributed by atoms with Gasteiger partial charge < -0.3 is 0 Å². The van der Waals surface area contributed by atoms with Gasteiger partial charge >= 0.3 is 0 Å². The second-order valence-corrected chi connectivity index (χ2v) is 2.62. The fourth-order valence-corrected chi connectivity index (χ4v) is 1.19. The maximum Gasteiger partial charge on any atom is 0.283 e. The highest BCUT2D eigenvalue weighted by atomic mass is 15.1. The van der Waals surface area contributed by atoms with Gasteiger partial charge in [0.25, 0.3) is 5.82 Å². The lowest BCUT2D eigenvalue weighted by Gasteiger charge is -1.94. The van der Waals surface area contributed by atoms with Crippen molar-refractivity contribution in [2.75, 3.05) is 0 Å². The van der Waals surface area contributed by atoms with E-state index >= 15 is 0 Å². The molecule has 0 fully saturated rings. The van der Waals surface area contributed by atoms with E-state index in [1.807, 2.05) is 33.4 Å². The van der Waals surface area contributed by atoms with Gasteiger partial charge in [0.05, 0.1) is 14.1 Å². The van der Waals surface area contributed by atoms with E-state index in [1.165, 1.54) is 5.82 Å². The summed E-state index contributed by atoms with van der Waals surface area (Å²) in [5.74, 6) is 1.17. The van der Waals surface area contributed by atoms with Gasteiger partial charge in [-0.05, 0) is 6.92 Å². The number of aryl methyl sites for hydroxylation is 2. The van der Waals surface area contributed by atoms with Crippen LogP contribution in [0.3, 0.4) is 0 Å². The smallest absolute Gasteiger partial charge is 0.233 e. The van der Waals surface area contributed by atoms with Crippen molar-refractivity contribution in [1.82, 2.24) is 4.57 Å². The van der Waals surface area contributed by atoms with Gasteiger partial charge in [-0.15, -0.1) is 0 Å². The largest absolute Gasteiger partial charge is 0.283 e. The molecule has 0 aromatic carbocycles. The molecule has 0 spiro atoms. The molecule has 0 radical (unpaired) electrons. The Bertz CT molecular complexity index is 239. The van der Waals surface area contributed by atoms with Crippen LogP contribution in [0.15, 0.2) is 19.0 Å². The molecule has 10 heavy (non-hydrogen) atoms. The summed E-state index contributed by atoms with van der Waals surface area (Å²) in [4.78, 5) is 0. The van der Waals surface area contributed by atoms with Crippen LogP contribution in [0, 0.1) is 0 Å². The lowest BCUT2D eigenvalue weighted by Crippen LogP contribution is -2.30. The quantitative estimate of drug-likeness (QED) is 0.508. The van der Waals surface area contributed by atoms with Crippen LogP contribution in [0.2, 0.25) is 0 Å². The number of nitrogens with zero attached hydrogens (tertiary/aromatic N) is 2. The third-order valence-electron chi connectivity index (χ3n) is 1.56. The van der Waals surface area contributed by atoms with E-state index in [-0.39, 0.29) is 0 Å². The Morgan fingerprint density at radius 1 is 1.70 bits per heavy atom. The predicted octanol–water partition coefficient (Wildman–Crippen LogP) is 0.883. The van der Waals surface area contributed by atoms with Crippen molar-refractivity contribution in [3.63, 3.8) is 0 Å². The van der Waals surface area contributed by atoms with Crippen LogP contribution in [-0.4, -0.2) is 4.57 Å². The molecule has 54 valence electrons. The first-order valence-corrected chi connectivity index (χ1v) is 3.29. The summed E-state index contributed by atoms with van der Waals surface area (Å²) < 4.78 is 4.12. The molecule has 2 nitrogen and oxygen atoms in total. The van der Waals surface area contributed by atoms with Crippen molar-refractivity contribution in [3.05, 3.63) is 24.8 Å². The minimum absolute atomic E-state index is 1.09. The normalized spacial score (nSPS) is 9.90. The Morgan fingerprint density at radius 3 is 2.50 bits per heavy atom. The van der Waals surface area contributed by atoms with Gasteiger partial charge in [-0.25, -0.2) is 9.13 Å². The van der Waals surface area contributed by atoms with Crippen LogP contribution in [0.25, 0.3) is 5.57 Å². The topological polar surface area (TPSA) is 8.81 Å². The van der Waals surface area contributed by atoms with Gasteiger partial charge in [0.15, 0.2) is 0 Å². The van der Waals surface area contributed by atoms with Crippen LogP contribution in [0.4, 0.5) is 0 Å². The van der Waals surface area contributed by atoms with Gasteiger partial charge in [0.1, 0.15) is 12.4 Å². The van der Waals surface area contributed by atoms with E-state index in [4.69, 9.17) is 0 Å². The van der Waals surface area contributed by atoms with E-state index < -0.39 is 0 Å². The Morgan fingerprint density at radius 2 is 2.30 bits per heavy atom. The van der Waals surface area contributed by atoms with E-state index in [0.717, 1.165) is 5.57 Å². The maximum atomic E-state index is 3.88. The minimum Gasteiger partial charge on any atom is -0.233 e. The van der Waals surface area contributed by atoms with Gasteiger partial charge in [0, 0.05) is 5.57 Å². The number of allylic oxidation sites excluding steroid dienone is 1. The molecule has 0 amide bonds. The first-order chi connectivity index (χ1) is 4.63. The molecule has 1 aromatic heterocycles. The van der Waals surface area contributed by atoms with Gasteiger partial charge in [-0.3, -0.25) is 0 Å². The first kappa shape index (κ1) is 7.06. The highest BCUT2D eigenvalue weighted by Gasteiger charge is 2.10. The van der Waals surface area contributed by atoms with Crippen molar-refractivity contribution in [1.29, 1.82) is 0 Å². The molecule has 0 aliphatic rings. The summed E-state index contributed by atoms with van der Waals surface area (Å²) in [5, 5.41) is 0. The zero-order chi connectivity index (χ0) is 7.72. The lowest BCUT2D eigenvalue weighted by atomic mass is 10.3. The van der Waals surface area contributed by atoms with Gasteiger partial charge in [-0.1, -0.05) is 6.58 Å². The Labute approximate surface area is 61.4 Å². The monoisotopic (exact) mass is 137 g/mol. The summed E-state index contributed by atoms with van der Waals surface area (Å²) in [6.45, 7) is 5.89. The number of imidazole rings is 1.